The molecule has 0 saturated carbocycles. The molecule has 0 unspecified atom stereocenters. The highest BCUT2D eigenvalue weighted by atomic mass is 79.9. The SMILES string of the molecule is O=C(O)c1csc(S(=O)(=O)NCc2ccccc2Br)c1. The fourth-order valence-corrected chi connectivity index (χ4v) is 4.08. The number of sulfonamides is 1. The van der Waals surface area contributed by atoms with Gasteiger partial charge in [0, 0.05) is 16.4 Å². The van der Waals surface area contributed by atoms with E-state index in [0.29, 0.717) is 0 Å². The number of nitrogens with one attached hydrogen (secondary N) is 1. The quantitative estimate of drug-likeness (QED) is 0.841. The summed E-state index contributed by atoms with van der Waals surface area (Å²) in [6, 6.07) is 8.40. The Labute approximate surface area is 128 Å². The Morgan fingerprint density at radius 3 is 2.65 bits per heavy atom. The van der Waals surface area contributed by atoms with Crippen LogP contribution in [-0.2, 0) is 16.6 Å². The number of thiophene rings is 1. The van der Waals surface area contributed by atoms with Crippen LogP contribution in [0.3, 0.4) is 0 Å². The average Bonchev–Trinajstić information content (AvgIpc) is 2.88. The number of halogens is 1. The minimum atomic E-state index is -3.70. The maximum atomic E-state index is 12.0. The van der Waals surface area contributed by atoms with E-state index in [1.165, 1.54) is 5.38 Å². The standard InChI is InChI=1S/C12H10BrNO4S2/c13-10-4-2-1-3-8(10)6-14-20(17,18)11-5-9(7-19-11)12(15)16/h1-5,7,14H,6H2,(H,15,16). The van der Waals surface area contributed by atoms with E-state index in [1.54, 1.807) is 6.07 Å². The predicted octanol–water partition coefficient (Wildman–Crippen LogP) is 2.69. The normalized spacial score (nSPS) is 11.4. The van der Waals surface area contributed by atoms with Crippen LogP contribution in [0.5, 0.6) is 0 Å². The lowest BCUT2D eigenvalue weighted by Crippen LogP contribution is -2.22. The summed E-state index contributed by atoms with van der Waals surface area (Å²) in [6.45, 7) is 0.129. The summed E-state index contributed by atoms with van der Waals surface area (Å²) in [5, 5.41) is 10.1. The number of benzene rings is 1. The molecule has 1 heterocycles. The van der Waals surface area contributed by atoms with Gasteiger partial charge in [-0.3, -0.25) is 0 Å². The molecule has 0 atom stereocenters. The van der Waals surface area contributed by atoms with E-state index in [0.717, 1.165) is 27.4 Å². The fraction of sp³-hybridized carbons (Fsp3) is 0.0833. The van der Waals surface area contributed by atoms with E-state index in [2.05, 4.69) is 20.7 Å². The van der Waals surface area contributed by atoms with Gasteiger partial charge in [0.1, 0.15) is 4.21 Å². The van der Waals surface area contributed by atoms with Gasteiger partial charge in [0.25, 0.3) is 0 Å². The van der Waals surface area contributed by atoms with Crippen LogP contribution < -0.4 is 4.72 Å². The monoisotopic (exact) mass is 375 g/mol. The molecule has 0 amide bonds. The molecule has 20 heavy (non-hydrogen) atoms. The molecule has 2 rings (SSSR count). The van der Waals surface area contributed by atoms with E-state index in [-0.39, 0.29) is 16.3 Å². The lowest BCUT2D eigenvalue weighted by molar-refractivity contribution is 0.0697. The second-order valence-electron chi connectivity index (χ2n) is 3.88. The Bertz CT molecular complexity index is 739. The zero-order chi connectivity index (χ0) is 14.8. The second kappa shape index (κ2) is 6.04. The molecule has 0 fully saturated rings. The van der Waals surface area contributed by atoms with E-state index in [4.69, 9.17) is 5.11 Å². The molecule has 2 N–H and O–H groups in total. The third-order valence-electron chi connectivity index (χ3n) is 2.50. The maximum absolute atomic E-state index is 12.0. The van der Waals surface area contributed by atoms with E-state index >= 15 is 0 Å². The zero-order valence-electron chi connectivity index (χ0n) is 10.0. The van der Waals surface area contributed by atoms with E-state index < -0.39 is 16.0 Å². The molecule has 0 saturated heterocycles. The van der Waals surface area contributed by atoms with Crippen molar-refractivity contribution < 1.29 is 18.3 Å². The van der Waals surface area contributed by atoms with Crippen LogP contribution in [0.2, 0.25) is 0 Å². The van der Waals surface area contributed by atoms with Crippen molar-refractivity contribution in [1.29, 1.82) is 0 Å². The molecule has 1 aromatic heterocycles. The van der Waals surface area contributed by atoms with Gasteiger partial charge in [-0.05, 0) is 17.7 Å². The summed E-state index contributed by atoms with van der Waals surface area (Å²) < 4.78 is 27.3. The summed E-state index contributed by atoms with van der Waals surface area (Å²) in [5.74, 6) is -1.14. The number of hydrogen-bond acceptors (Lipinski definition) is 4. The first-order valence-electron chi connectivity index (χ1n) is 5.45. The highest BCUT2D eigenvalue weighted by Crippen LogP contribution is 2.21. The zero-order valence-corrected chi connectivity index (χ0v) is 13.3. The van der Waals surface area contributed by atoms with Crippen LogP contribution in [-0.4, -0.2) is 19.5 Å². The molecule has 0 radical (unpaired) electrons. The number of aromatic carboxylic acids is 1. The molecule has 0 spiro atoms. The number of rotatable bonds is 5. The number of carbonyl (C=O) groups is 1. The summed E-state index contributed by atoms with van der Waals surface area (Å²) in [4.78, 5) is 10.8. The Morgan fingerprint density at radius 2 is 2.05 bits per heavy atom. The van der Waals surface area contributed by atoms with Gasteiger partial charge in [-0.2, -0.15) is 0 Å². The van der Waals surface area contributed by atoms with Crippen LogP contribution >= 0.6 is 27.3 Å². The third kappa shape index (κ3) is 3.45. The summed E-state index contributed by atoms with van der Waals surface area (Å²) >= 11 is 4.21. The van der Waals surface area contributed by atoms with Gasteiger partial charge in [0.15, 0.2) is 0 Å². The van der Waals surface area contributed by atoms with Gasteiger partial charge in [0.2, 0.25) is 10.0 Å². The Balaban J connectivity index is 2.15. The van der Waals surface area contributed by atoms with Crippen molar-refractivity contribution in [2.45, 2.75) is 10.8 Å². The topological polar surface area (TPSA) is 83.5 Å². The average molecular weight is 376 g/mol. The lowest BCUT2D eigenvalue weighted by Gasteiger charge is -2.06. The van der Waals surface area contributed by atoms with Crippen LogP contribution in [0.4, 0.5) is 0 Å². The molecule has 0 aliphatic carbocycles. The molecule has 5 nitrogen and oxygen atoms in total. The van der Waals surface area contributed by atoms with Gasteiger partial charge in [-0.25, -0.2) is 17.9 Å². The highest BCUT2D eigenvalue weighted by Gasteiger charge is 2.18. The molecular formula is C12H10BrNO4S2. The minimum absolute atomic E-state index is 0.0121. The molecule has 1 aromatic carbocycles. The Hall–Kier alpha value is -1.22. The molecule has 0 bridgehead atoms. The molecule has 0 aliphatic rings. The van der Waals surface area contributed by atoms with Gasteiger partial charge in [0.05, 0.1) is 5.56 Å². The highest BCUT2D eigenvalue weighted by molar-refractivity contribution is 9.10. The summed E-state index contributed by atoms with van der Waals surface area (Å²) in [6.07, 6.45) is 0. The first-order valence-corrected chi connectivity index (χ1v) is 8.60. The van der Waals surface area contributed by atoms with E-state index in [9.17, 15) is 13.2 Å². The molecule has 2 aromatic rings. The Kier molecular flexibility index (Phi) is 4.59. The van der Waals surface area contributed by atoms with Gasteiger partial charge in [-0.15, -0.1) is 11.3 Å². The first-order chi connectivity index (χ1) is 9.40. The van der Waals surface area contributed by atoms with Crippen LogP contribution in [0.1, 0.15) is 15.9 Å². The van der Waals surface area contributed by atoms with Crippen molar-refractivity contribution >= 4 is 43.3 Å². The van der Waals surface area contributed by atoms with Crippen LogP contribution in [0, 0.1) is 0 Å². The third-order valence-corrected chi connectivity index (χ3v) is 6.11. The largest absolute Gasteiger partial charge is 0.478 e. The van der Waals surface area contributed by atoms with Crippen molar-refractivity contribution in [1.82, 2.24) is 4.72 Å². The van der Waals surface area contributed by atoms with Crippen molar-refractivity contribution in [3.8, 4) is 0 Å². The minimum Gasteiger partial charge on any atom is -0.478 e. The molecular weight excluding hydrogens is 366 g/mol. The molecule has 8 heteroatoms. The summed E-state index contributed by atoms with van der Waals surface area (Å²) in [5.41, 5.74) is 0.766. The second-order valence-corrected chi connectivity index (χ2v) is 7.63. The number of hydrogen-bond donors (Lipinski definition) is 2. The van der Waals surface area contributed by atoms with Crippen LogP contribution in [0.15, 0.2) is 44.4 Å². The lowest BCUT2D eigenvalue weighted by atomic mass is 10.2. The predicted molar refractivity (Wildman–Crippen MR) is 79.4 cm³/mol. The number of carboxylic acids is 1. The van der Waals surface area contributed by atoms with Gasteiger partial charge >= 0.3 is 5.97 Å². The molecule has 0 aliphatic heterocycles. The number of carboxylic acid groups (broad SMARTS) is 1. The maximum Gasteiger partial charge on any atom is 0.336 e. The van der Waals surface area contributed by atoms with Crippen LogP contribution in [0.25, 0.3) is 0 Å². The van der Waals surface area contributed by atoms with Crippen molar-refractivity contribution in [3.05, 3.63) is 51.3 Å². The fourth-order valence-electron chi connectivity index (χ4n) is 1.46. The van der Waals surface area contributed by atoms with E-state index in [1.807, 2.05) is 18.2 Å². The van der Waals surface area contributed by atoms with Crippen molar-refractivity contribution in [3.63, 3.8) is 0 Å². The van der Waals surface area contributed by atoms with Gasteiger partial charge < -0.3 is 5.11 Å². The van der Waals surface area contributed by atoms with Gasteiger partial charge in [-0.1, -0.05) is 34.1 Å². The van der Waals surface area contributed by atoms with Crippen molar-refractivity contribution in [2.75, 3.05) is 0 Å². The molecule has 106 valence electrons. The summed E-state index contributed by atoms with van der Waals surface area (Å²) in [7, 11) is -3.70. The van der Waals surface area contributed by atoms with Crippen molar-refractivity contribution in [2.24, 2.45) is 0 Å². The Morgan fingerprint density at radius 1 is 1.35 bits per heavy atom. The first kappa shape index (κ1) is 15.2. The smallest absolute Gasteiger partial charge is 0.336 e.